The fraction of sp³-hybridized carbons (Fsp3) is 0.833. The Bertz CT molecular complexity index is 343. The normalized spacial score (nSPS) is 25.9. The molecule has 6 nitrogen and oxygen atoms in total. The Hall–Kier alpha value is -1.30. The maximum atomic E-state index is 12.4. The molecule has 0 radical (unpaired) electrons. The molecule has 6 heteroatoms. The second-order valence-corrected chi connectivity index (χ2v) is 5.21. The fourth-order valence-electron chi connectivity index (χ4n) is 2.27. The van der Waals surface area contributed by atoms with Crippen LogP contribution in [0.4, 0.5) is 0 Å². The van der Waals surface area contributed by atoms with Crippen molar-refractivity contribution >= 4 is 11.7 Å². The molecule has 18 heavy (non-hydrogen) atoms. The Morgan fingerprint density at radius 3 is 2.67 bits per heavy atom. The summed E-state index contributed by atoms with van der Waals surface area (Å²) >= 11 is 0. The molecule has 1 aliphatic heterocycles. The molecule has 1 fully saturated rings. The van der Waals surface area contributed by atoms with Crippen LogP contribution in [-0.4, -0.2) is 46.1 Å². The molecule has 1 amide bonds. The summed E-state index contributed by atoms with van der Waals surface area (Å²) < 4.78 is 0. The van der Waals surface area contributed by atoms with Crippen molar-refractivity contribution < 1.29 is 15.1 Å². The van der Waals surface area contributed by atoms with E-state index in [0.29, 0.717) is 19.5 Å². The molecular weight excluding hydrogens is 234 g/mol. The number of carbonyl (C=O) groups excluding carboxylic acids is 1. The van der Waals surface area contributed by atoms with Crippen LogP contribution in [0.3, 0.4) is 0 Å². The fourth-order valence-corrected chi connectivity index (χ4v) is 2.27. The maximum absolute atomic E-state index is 12.4. The van der Waals surface area contributed by atoms with Gasteiger partial charge >= 0.3 is 0 Å². The third kappa shape index (κ3) is 2.58. The average molecular weight is 257 g/mol. The summed E-state index contributed by atoms with van der Waals surface area (Å²) in [5.41, 5.74) is 4.66. The van der Waals surface area contributed by atoms with Crippen LogP contribution in [-0.2, 0) is 4.79 Å². The molecule has 3 unspecified atom stereocenters. The number of hydrogen-bond donors (Lipinski definition) is 3. The molecule has 0 spiro atoms. The Morgan fingerprint density at radius 1 is 1.67 bits per heavy atom. The molecule has 0 aromatic carbocycles. The number of amidine groups is 1. The molecule has 104 valence electrons. The smallest absolute Gasteiger partial charge is 0.236 e. The van der Waals surface area contributed by atoms with Crippen LogP contribution in [0.5, 0.6) is 0 Å². The van der Waals surface area contributed by atoms with Gasteiger partial charge in [0.25, 0.3) is 0 Å². The number of amides is 1. The quantitative estimate of drug-likeness (QED) is 0.293. The number of nitrogens with zero attached hydrogens (tertiary/aromatic N) is 2. The van der Waals surface area contributed by atoms with Gasteiger partial charge in [-0.15, -0.1) is 0 Å². The van der Waals surface area contributed by atoms with E-state index in [9.17, 15) is 9.90 Å². The van der Waals surface area contributed by atoms with Gasteiger partial charge in [0.15, 0.2) is 5.84 Å². The molecule has 1 saturated heterocycles. The summed E-state index contributed by atoms with van der Waals surface area (Å²) in [7, 11) is 0. The second kappa shape index (κ2) is 5.56. The number of likely N-dealkylation sites (tertiary alicyclic amines) is 1. The standard InChI is InChI=1S/C12H23N3O3/c1-4-12(3,10(13)14-18)11(17)15-6-5-9(7-15)8(2)16/h8-9,16,18H,4-7H2,1-3H3,(H2,13,14). The molecular formula is C12H23N3O3. The summed E-state index contributed by atoms with van der Waals surface area (Å²) in [6, 6.07) is 0. The zero-order valence-corrected chi connectivity index (χ0v) is 11.3. The summed E-state index contributed by atoms with van der Waals surface area (Å²) in [6.45, 7) is 6.40. The minimum atomic E-state index is -0.970. The Kier molecular flexibility index (Phi) is 4.56. The molecule has 1 aliphatic rings. The molecule has 0 bridgehead atoms. The number of carbonyl (C=O) groups is 1. The van der Waals surface area contributed by atoms with E-state index >= 15 is 0 Å². The first-order valence-electron chi connectivity index (χ1n) is 6.32. The van der Waals surface area contributed by atoms with Crippen molar-refractivity contribution in [1.82, 2.24) is 4.90 Å². The van der Waals surface area contributed by atoms with Gasteiger partial charge in [-0.2, -0.15) is 0 Å². The lowest BCUT2D eigenvalue weighted by atomic mass is 9.84. The molecule has 3 atom stereocenters. The number of oxime groups is 1. The van der Waals surface area contributed by atoms with Crippen molar-refractivity contribution in [2.75, 3.05) is 13.1 Å². The highest BCUT2D eigenvalue weighted by molar-refractivity contribution is 6.06. The molecule has 1 rings (SSSR count). The SMILES string of the molecule is CCC(C)(C(=O)N1CCC(C(C)O)C1)C(N)=NO. The van der Waals surface area contributed by atoms with Crippen LogP contribution in [0.1, 0.15) is 33.6 Å². The zero-order chi connectivity index (χ0) is 13.9. The van der Waals surface area contributed by atoms with Crippen molar-refractivity contribution in [2.24, 2.45) is 22.2 Å². The van der Waals surface area contributed by atoms with Gasteiger partial charge in [-0.05, 0) is 26.7 Å². The lowest BCUT2D eigenvalue weighted by molar-refractivity contribution is -0.137. The Labute approximate surface area is 107 Å². The largest absolute Gasteiger partial charge is 0.409 e. The van der Waals surface area contributed by atoms with Crippen LogP contribution < -0.4 is 5.73 Å². The van der Waals surface area contributed by atoms with Crippen LogP contribution in [0.2, 0.25) is 0 Å². The summed E-state index contributed by atoms with van der Waals surface area (Å²) in [5.74, 6) is -0.0821. The van der Waals surface area contributed by atoms with Crippen molar-refractivity contribution in [3.63, 3.8) is 0 Å². The zero-order valence-electron chi connectivity index (χ0n) is 11.3. The van der Waals surface area contributed by atoms with E-state index in [1.54, 1.807) is 18.7 Å². The number of hydrogen-bond acceptors (Lipinski definition) is 4. The Morgan fingerprint density at radius 2 is 2.28 bits per heavy atom. The first kappa shape index (κ1) is 14.8. The van der Waals surface area contributed by atoms with Crippen molar-refractivity contribution in [3.05, 3.63) is 0 Å². The summed E-state index contributed by atoms with van der Waals surface area (Å²) in [5, 5.41) is 21.3. The van der Waals surface area contributed by atoms with Crippen molar-refractivity contribution in [1.29, 1.82) is 0 Å². The third-order valence-electron chi connectivity index (χ3n) is 4.05. The van der Waals surface area contributed by atoms with E-state index in [1.165, 1.54) is 0 Å². The van der Waals surface area contributed by atoms with Crippen LogP contribution in [0.25, 0.3) is 0 Å². The molecule has 4 N–H and O–H groups in total. The van der Waals surface area contributed by atoms with E-state index in [1.807, 2.05) is 6.92 Å². The topological polar surface area (TPSA) is 99.2 Å². The van der Waals surface area contributed by atoms with Gasteiger partial charge in [0.2, 0.25) is 5.91 Å². The predicted octanol–water partition coefficient (Wildman–Crippen LogP) is 0.378. The van der Waals surface area contributed by atoms with E-state index in [-0.39, 0.29) is 17.7 Å². The number of aliphatic hydroxyl groups excluding tert-OH is 1. The average Bonchev–Trinajstić information content (AvgIpc) is 2.85. The first-order chi connectivity index (χ1) is 8.36. The number of aliphatic hydroxyl groups is 1. The lowest BCUT2D eigenvalue weighted by Gasteiger charge is -2.30. The van der Waals surface area contributed by atoms with E-state index in [2.05, 4.69) is 5.16 Å². The number of nitrogens with two attached hydrogens (primary N) is 1. The summed E-state index contributed by atoms with van der Waals surface area (Å²) in [4.78, 5) is 14.1. The summed E-state index contributed by atoms with van der Waals surface area (Å²) in [6.07, 6.45) is 0.844. The highest BCUT2D eigenvalue weighted by Gasteiger charge is 2.42. The highest BCUT2D eigenvalue weighted by atomic mass is 16.4. The molecule has 0 aromatic heterocycles. The van der Waals surface area contributed by atoms with E-state index in [4.69, 9.17) is 10.9 Å². The van der Waals surface area contributed by atoms with Crippen LogP contribution >= 0.6 is 0 Å². The Balaban J connectivity index is 2.81. The minimum Gasteiger partial charge on any atom is -0.409 e. The van der Waals surface area contributed by atoms with Gasteiger partial charge in [-0.3, -0.25) is 4.79 Å². The highest BCUT2D eigenvalue weighted by Crippen LogP contribution is 2.29. The van der Waals surface area contributed by atoms with Crippen LogP contribution in [0, 0.1) is 11.3 Å². The molecule has 0 aromatic rings. The predicted molar refractivity (Wildman–Crippen MR) is 68.2 cm³/mol. The monoisotopic (exact) mass is 257 g/mol. The van der Waals surface area contributed by atoms with Gasteiger partial charge in [0.1, 0.15) is 5.41 Å². The lowest BCUT2D eigenvalue weighted by Crippen LogP contribution is -2.49. The van der Waals surface area contributed by atoms with E-state index < -0.39 is 11.5 Å². The van der Waals surface area contributed by atoms with Crippen molar-refractivity contribution in [3.8, 4) is 0 Å². The molecule has 0 saturated carbocycles. The molecule has 0 aliphatic carbocycles. The van der Waals surface area contributed by atoms with Crippen molar-refractivity contribution in [2.45, 2.75) is 39.7 Å². The van der Waals surface area contributed by atoms with Crippen LogP contribution in [0.15, 0.2) is 5.16 Å². The second-order valence-electron chi connectivity index (χ2n) is 5.21. The third-order valence-corrected chi connectivity index (χ3v) is 4.05. The van der Waals surface area contributed by atoms with Gasteiger partial charge in [-0.1, -0.05) is 12.1 Å². The van der Waals surface area contributed by atoms with E-state index in [0.717, 1.165) is 6.42 Å². The maximum Gasteiger partial charge on any atom is 0.236 e. The minimum absolute atomic E-state index is 0.0597. The first-order valence-corrected chi connectivity index (χ1v) is 6.32. The molecule has 1 heterocycles. The number of rotatable bonds is 4. The van der Waals surface area contributed by atoms with Gasteiger partial charge in [-0.25, -0.2) is 0 Å². The van der Waals surface area contributed by atoms with Gasteiger partial charge < -0.3 is 20.9 Å². The van der Waals surface area contributed by atoms with Gasteiger partial charge in [0.05, 0.1) is 6.10 Å². The van der Waals surface area contributed by atoms with Gasteiger partial charge in [0, 0.05) is 19.0 Å².